The number of para-hydroxylation sites is 2. The molecule has 4 rings (SSSR count). The molecule has 2 atom stereocenters. The van der Waals surface area contributed by atoms with Crippen LogP contribution in [0.2, 0.25) is 0 Å². The molecule has 1 aliphatic heterocycles. The van der Waals surface area contributed by atoms with Gasteiger partial charge in [0.15, 0.2) is 0 Å². The van der Waals surface area contributed by atoms with Crippen LogP contribution in [0.4, 0.5) is 5.69 Å². The van der Waals surface area contributed by atoms with Gasteiger partial charge in [-0.3, -0.25) is 0 Å². The van der Waals surface area contributed by atoms with E-state index < -0.39 is 0 Å². The molecule has 4 heteroatoms. The molecule has 27 heavy (non-hydrogen) atoms. The molecule has 3 aromatic rings. The van der Waals surface area contributed by atoms with Crippen LogP contribution in [0, 0.1) is 0 Å². The van der Waals surface area contributed by atoms with Crippen LogP contribution in [0.15, 0.2) is 78.9 Å². The lowest BCUT2D eigenvalue weighted by Crippen LogP contribution is -2.27. The number of anilines is 1. The highest BCUT2D eigenvalue weighted by Gasteiger charge is 2.28. The third-order valence-electron chi connectivity index (χ3n) is 5.06. The first-order chi connectivity index (χ1) is 13.3. The molecule has 1 fully saturated rings. The zero-order chi connectivity index (χ0) is 18.5. The van der Waals surface area contributed by atoms with Crippen molar-refractivity contribution < 1.29 is 4.74 Å². The van der Waals surface area contributed by atoms with E-state index in [0.29, 0.717) is 6.61 Å². The van der Waals surface area contributed by atoms with Gasteiger partial charge in [0.2, 0.25) is 0 Å². The van der Waals surface area contributed by atoms with E-state index in [0.717, 1.165) is 29.8 Å². The second-order valence-electron chi connectivity index (χ2n) is 6.88. The Bertz CT molecular complexity index is 882. The maximum Gasteiger partial charge on any atom is 0.124 e. The zero-order valence-corrected chi connectivity index (χ0v) is 15.3. The summed E-state index contributed by atoms with van der Waals surface area (Å²) < 4.78 is 6.13. The predicted molar refractivity (Wildman–Crippen MR) is 109 cm³/mol. The van der Waals surface area contributed by atoms with E-state index in [1.54, 1.807) is 0 Å². The van der Waals surface area contributed by atoms with E-state index in [4.69, 9.17) is 10.5 Å². The van der Waals surface area contributed by atoms with E-state index >= 15 is 0 Å². The molecule has 0 radical (unpaired) electrons. The van der Waals surface area contributed by atoms with Gasteiger partial charge in [0.25, 0.3) is 0 Å². The summed E-state index contributed by atoms with van der Waals surface area (Å²) in [6, 6.07) is 27.1. The lowest BCUT2D eigenvalue weighted by Gasteiger charge is -2.16. The Hall–Kier alpha value is -2.82. The summed E-state index contributed by atoms with van der Waals surface area (Å²) >= 11 is 0. The first-order valence-corrected chi connectivity index (χ1v) is 9.42. The Kier molecular flexibility index (Phi) is 5.37. The van der Waals surface area contributed by atoms with Gasteiger partial charge in [0.05, 0.1) is 18.7 Å². The molecule has 0 saturated carbocycles. The quantitative estimate of drug-likeness (QED) is 0.578. The van der Waals surface area contributed by atoms with Gasteiger partial charge in [0.1, 0.15) is 5.75 Å². The van der Waals surface area contributed by atoms with Crippen molar-refractivity contribution in [1.82, 2.24) is 10.9 Å². The number of nitrogen functional groups attached to an aromatic ring is 1. The second-order valence-corrected chi connectivity index (χ2v) is 6.88. The maximum atomic E-state index is 6.14. The molecule has 1 heterocycles. The molecule has 0 aromatic heterocycles. The lowest BCUT2D eigenvalue weighted by molar-refractivity contribution is 0.315. The van der Waals surface area contributed by atoms with Gasteiger partial charge < -0.3 is 10.5 Å². The van der Waals surface area contributed by atoms with Crippen molar-refractivity contribution in [3.63, 3.8) is 0 Å². The average molecular weight is 359 g/mol. The zero-order valence-electron chi connectivity index (χ0n) is 15.3. The van der Waals surface area contributed by atoms with E-state index in [1.807, 2.05) is 36.4 Å². The molecule has 4 N–H and O–H groups in total. The van der Waals surface area contributed by atoms with Gasteiger partial charge in [-0.15, -0.1) is 0 Å². The summed E-state index contributed by atoms with van der Waals surface area (Å²) in [4.78, 5) is 0. The summed E-state index contributed by atoms with van der Waals surface area (Å²) in [6.07, 6.45) is 1.82. The van der Waals surface area contributed by atoms with Crippen molar-refractivity contribution >= 4 is 5.69 Å². The molecule has 0 bridgehead atoms. The summed E-state index contributed by atoms with van der Waals surface area (Å²) in [7, 11) is 0. The minimum Gasteiger partial charge on any atom is -0.493 e. The molecule has 0 amide bonds. The van der Waals surface area contributed by atoms with Crippen LogP contribution in [0.25, 0.3) is 0 Å². The number of hydrogen-bond acceptors (Lipinski definition) is 4. The number of nitrogens with two attached hydrogens (primary N) is 1. The predicted octanol–water partition coefficient (Wildman–Crippen LogP) is 4.17. The van der Waals surface area contributed by atoms with Gasteiger partial charge in [-0.05, 0) is 29.7 Å². The topological polar surface area (TPSA) is 59.3 Å². The van der Waals surface area contributed by atoms with Crippen LogP contribution in [0.1, 0.15) is 35.2 Å². The molecule has 4 nitrogen and oxygen atoms in total. The Morgan fingerprint density at radius 1 is 0.778 bits per heavy atom. The average Bonchev–Trinajstić information content (AvgIpc) is 3.19. The van der Waals surface area contributed by atoms with Crippen molar-refractivity contribution in [3.05, 3.63) is 95.6 Å². The molecular formula is C23H25N3O. The van der Waals surface area contributed by atoms with Crippen LogP contribution in [-0.2, 0) is 6.42 Å². The summed E-state index contributed by atoms with van der Waals surface area (Å²) in [5.74, 6) is 0.939. The van der Waals surface area contributed by atoms with E-state index in [1.165, 1.54) is 11.1 Å². The molecule has 2 unspecified atom stereocenters. The standard InChI is InChI=1S/C23H25N3O/c24-20-12-6-4-10-18(20)21-16-22(26-25-21)19-11-5-7-13-23(19)27-15-14-17-8-2-1-3-9-17/h1-13,21-22,25-26H,14-16,24H2. The maximum absolute atomic E-state index is 6.14. The monoisotopic (exact) mass is 359 g/mol. The molecule has 3 aromatic carbocycles. The highest BCUT2D eigenvalue weighted by Crippen LogP contribution is 2.36. The van der Waals surface area contributed by atoms with Gasteiger partial charge in [0, 0.05) is 17.7 Å². The third-order valence-corrected chi connectivity index (χ3v) is 5.06. The molecular weight excluding hydrogens is 334 g/mol. The Balaban J connectivity index is 1.43. The molecule has 1 aliphatic rings. The Morgan fingerprint density at radius 3 is 2.19 bits per heavy atom. The Morgan fingerprint density at radius 2 is 1.41 bits per heavy atom. The second kappa shape index (κ2) is 8.25. The van der Waals surface area contributed by atoms with Gasteiger partial charge in [-0.1, -0.05) is 66.7 Å². The van der Waals surface area contributed by atoms with Crippen LogP contribution in [0.5, 0.6) is 5.75 Å². The van der Waals surface area contributed by atoms with Gasteiger partial charge >= 0.3 is 0 Å². The summed E-state index contributed by atoms with van der Waals surface area (Å²) in [6.45, 7) is 0.663. The number of benzene rings is 3. The third kappa shape index (κ3) is 4.13. The first kappa shape index (κ1) is 17.6. The number of rotatable bonds is 6. The summed E-state index contributed by atoms with van der Waals surface area (Å²) in [5.41, 5.74) is 17.4. The fourth-order valence-corrected chi connectivity index (χ4v) is 3.62. The number of hydrogen-bond donors (Lipinski definition) is 3. The minimum atomic E-state index is 0.183. The van der Waals surface area contributed by atoms with Crippen LogP contribution < -0.4 is 21.3 Å². The smallest absolute Gasteiger partial charge is 0.124 e. The fourth-order valence-electron chi connectivity index (χ4n) is 3.62. The highest BCUT2D eigenvalue weighted by molar-refractivity contribution is 5.49. The number of hydrazine groups is 1. The highest BCUT2D eigenvalue weighted by atomic mass is 16.5. The molecule has 0 aliphatic carbocycles. The molecule has 138 valence electrons. The lowest BCUT2D eigenvalue weighted by atomic mass is 9.96. The van der Waals surface area contributed by atoms with E-state index in [-0.39, 0.29) is 12.1 Å². The fraction of sp³-hybridized carbons (Fsp3) is 0.217. The van der Waals surface area contributed by atoms with Gasteiger partial charge in [-0.25, -0.2) is 10.9 Å². The molecule has 0 spiro atoms. The summed E-state index contributed by atoms with van der Waals surface area (Å²) in [5, 5.41) is 0. The van der Waals surface area contributed by atoms with Crippen molar-refractivity contribution in [3.8, 4) is 5.75 Å². The Labute approximate surface area is 160 Å². The van der Waals surface area contributed by atoms with Crippen molar-refractivity contribution in [2.24, 2.45) is 0 Å². The van der Waals surface area contributed by atoms with E-state index in [9.17, 15) is 0 Å². The van der Waals surface area contributed by atoms with Crippen molar-refractivity contribution in [1.29, 1.82) is 0 Å². The SMILES string of the molecule is Nc1ccccc1C1CC(c2ccccc2OCCc2ccccc2)NN1. The van der Waals surface area contributed by atoms with Gasteiger partial charge in [-0.2, -0.15) is 0 Å². The number of ether oxygens (including phenoxy) is 1. The van der Waals surface area contributed by atoms with Crippen LogP contribution >= 0.6 is 0 Å². The minimum absolute atomic E-state index is 0.183. The van der Waals surface area contributed by atoms with Crippen molar-refractivity contribution in [2.45, 2.75) is 24.9 Å². The molecule has 1 saturated heterocycles. The largest absolute Gasteiger partial charge is 0.493 e. The normalized spacial score (nSPS) is 19.1. The number of nitrogens with one attached hydrogen (secondary N) is 2. The van der Waals surface area contributed by atoms with Crippen LogP contribution in [0.3, 0.4) is 0 Å². The van der Waals surface area contributed by atoms with Crippen LogP contribution in [-0.4, -0.2) is 6.61 Å². The van der Waals surface area contributed by atoms with E-state index in [2.05, 4.69) is 53.3 Å². The van der Waals surface area contributed by atoms with Crippen molar-refractivity contribution in [2.75, 3.05) is 12.3 Å². The first-order valence-electron chi connectivity index (χ1n) is 9.42.